The van der Waals surface area contributed by atoms with Crippen molar-refractivity contribution in [3.05, 3.63) is 149 Å². The summed E-state index contributed by atoms with van der Waals surface area (Å²) in [4.78, 5) is 12.0. The fourth-order valence-electron chi connectivity index (χ4n) is 10.3. The molecule has 1 amide bonds. The summed E-state index contributed by atoms with van der Waals surface area (Å²) in [5.41, 5.74) is -7.38. The summed E-state index contributed by atoms with van der Waals surface area (Å²) in [5.74, 6) is 0. The fourth-order valence-corrected chi connectivity index (χ4v) is 10.3. The first kappa shape index (κ1) is 65.7. The molecule has 2 atom stereocenters. The van der Waals surface area contributed by atoms with E-state index in [-0.39, 0.29) is 89.3 Å². The number of alkyl halides is 12. The van der Waals surface area contributed by atoms with Gasteiger partial charge in [0.15, 0.2) is 0 Å². The van der Waals surface area contributed by atoms with Gasteiger partial charge in [-0.2, -0.15) is 52.7 Å². The van der Waals surface area contributed by atoms with Gasteiger partial charge in [0, 0.05) is 10.8 Å². The second-order valence-electron chi connectivity index (χ2n) is 21.1. The van der Waals surface area contributed by atoms with Crippen LogP contribution >= 0.6 is 0 Å². The van der Waals surface area contributed by atoms with Crippen LogP contribution in [-0.2, 0) is 49.7 Å². The molecule has 75 heavy (non-hydrogen) atoms. The summed E-state index contributed by atoms with van der Waals surface area (Å²) in [6.07, 6.45) is -17.1. The van der Waals surface area contributed by atoms with Crippen molar-refractivity contribution in [3.63, 3.8) is 0 Å². The molecule has 1 aliphatic heterocycles. The van der Waals surface area contributed by atoms with Crippen molar-refractivity contribution in [1.29, 1.82) is 0 Å². The number of rotatable bonds is 11. The zero-order valence-corrected chi connectivity index (χ0v) is 46.2. The number of ether oxygens (including phenoxy) is 3. The Hall–Kier alpha value is -3.56. The van der Waals surface area contributed by atoms with E-state index in [4.69, 9.17) is 14.2 Å². The number of hydrogen-bond acceptors (Lipinski definition) is 5. The standard InChI is InChI=1S/C27H29F6NO3.C27H32F6O2.CH3.BrH.Mg/c1-17(18-13-20(26(28,29)30)15-21(14-18)27(31,32)33)36-16-24(19-7-5-4-6-8-19)9-11-25(12-10-24)23(2,3)37-22(35)34-25;1-18(19-14-21(26(28,29)30)16-22(15-19)27(31,32)33)35-17-25(20-8-6-5-7-9-20)12-10-24(4,11-13-25)23(2,3)34;;;/h4-8,13-15,17H,9-12,16H2,1-3H3,(H,34,35);5-9,14-16,18,34H,10-13,17H2,1-4H3;1H3;1H;/q;;-1;;+2/p-1/t;18-,24?,25?;;;/m.1.../s1. The van der Waals surface area contributed by atoms with E-state index in [2.05, 4.69) is 5.32 Å². The summed E-state index contributed by atoms with van der Waals surface area (Å²) in [7, 11) is 0. The average Bonchev–Trinajstić information content (AvgIpc) is 3.53. The van der Waals surface area contributed by atoms with Crippen molar-refractivity contribution >= 4 is 29.1 Å². The van der Waals surface area contributed by atoms with Crippen molar-refractivity contribution in [3.8, 4) is 0 Å². The maximum atomic E-state index is 13.3. The van der Waals surface area contributed by atoms with E-state index in [0.717, 1.165) is 23.3 Å². The molecular formula is C55H64BrF12MgNO5. The molecule has 412 valence electrons. The Morgan fingerprint density at radius 2 is 0.867 bits per heavy atom. The van der Waals surface area contributed by atoms with Crippen LogP contribution in [0.15, 0.2) is 97.1 Å². The van der Waals surface area contributed by atoms with Crippen molar-refractivity contribution < 1.29 is 93.8 Å². The number of carbonyl (C=O) groups excluding carboxylic acids is 1. The van der Waals surface area contributed by atoms with Gasteiger partial charge < -0.3 is 49.0 Å². The van der Waals surface area contributed by atoms with Gasteiger partial charge in [-0.25, -0.2) is 4.79 Å². The zero-order chi connectivity index (χ0) is 53.6. The Balaban J connectivity index is 0.000000381. The smallest absolute Gasteiger partial charge is 1.00 e. The van der Waals surface area contributed by atoms with Crippen LogP contribution in [-0.4, -0.2) is 64.2 Å². The van der Waals surface area contributed by atoms with Crippen molar-refractivity contribution in [2.45, 2.75) is 164 Å². The zero-order valence-electron chi connectivity index (χ0n) is 43.2. The molecule has 0 aromatic heterocycles. The second kappa shape index (κ2) is 23.8. The SMILES string of the molecule is CC(OCC1(c2ccccc2)CCC2(CC1)NC(=O)OC2(C)C)c1cc(C(F)(F)F)cc(C(F)(F)F)c1.C[C@@H](OCC1(c2ccccc2)CCC(C)(C(C)(C)O)CC1)c1cc(C(F)(F)F)cc(C(F)(F)F)c1.[Br-].[CH3-].[Mg+2]. The molecule has 1 unspecified atom stereocenters. The van der Waals surface area contributed by atoms with E-state index in [9.17, 15) is 62.6 Å². The van der Waals surface area contributed by atoms with Crippen molar-refractivity contribution in [1.82, 2.24) is 5.32 Å². The molecule has 2 N–H and O–H groups in total. The molecular weight excluding hydrogens is 1090 g/mol. The molecule has 2 aliphatic carbocycles. The van der Waals surface area contributed by atoms with Crippen LogP contribution in [0.3, 0.4) is 0 Å². The van der Waals surface area contributed by atoms with Crippen LogP contribution in [0.25, 0.3) is 0 Å². The van der Waals surface area contributed by atoms with E-state index in [1.807, 2.05) is 81.4 Å². The Morgan fingerprint density at radius 1 is 0.560 bits per heavy atom. The average molecular weight is 1150 g/mol. The molecule has 1 heterocycles. The number of hydrogen-bond donors (Lipinski definition) is 2. The van der Waals surface area contributed by atoms with Gasteiger partial charge in [-0.15, -0.1) is 0 Å². The van der Waals surface area contributed by atoms with Crippen LogP contribution in [0.5, 0.6) is 0 Å². The monoisotopic (exact) mass is 1150 g/mol. The van der Waals surface area contributed by atoms with Crippen molar-refractivity contribution in [2.75, 3.05) is 13.2 Å². The quantitative estimate of drug-likeness (QED) is 0.0889. The largest absolute Gasteiger partial charge is 2.00 e. The minimum Gasteiger partial charge on any atom is -1.00 e. The predicted molar refractivity (Wildman–Crippen MR) is 258 cm³/mol. The molecule has 0 bridgehead atoms. The molecule has 2 saturated carbocycles. The van der Waals surface area contributed by atoms with Gasteiger partial charge >= 0.3 is 53.9 Å². The number of halogens is 13. The molecule has 6 nitrogen and oxygen atoms in total. The van der Waals surface area contributed by atoms with E-state index < -0.39 is 92.8 Å². The molecule has 0 radical (unpaired) electrons. The summed E-state index contributed by atoms with van der Waals surface area (Å²) in [6.45, 7) is 12.5. The van der Waals surface area contributed by atoms with Gasteiger partial charge in [-0.3, -0.25) is 0 Å². The van der Waals surface area contributed by atoms with Crippen LogP contribution in [0.2, 0.25) is 0 Å². The van der Waals surface area contributed by atoms with Gasteiger partial charge in [-0.05, 0) is 157 Å². The van der Waals surface area contributed by atoms with Gasteiger partial charge in [-0.1, -0.05) is 67.6 Å². The molecule has 20 heteroatoms. The third-order valence-electron chi connectivity index (χ3n) is 15.8. The normalized spacial score (nSPS) is 24.7. The third kappa shape index (κ3) is 15.0. The van der Waals surface area contributed by atoms with E-state index >= 15 is 0 Å². The Kier molecular flexibility index (Phi) is 20.9. The van der Waals surface area contributed by atoms with E-state index in [1.54, 1.807) is 13.8 Å². The van der Waals surface area contributed by atoms with Crippen LogP contribution in [0.4, 0.5) is 57.5 Å². The molecule has 4 aromatic carbocycles. The number of aliphatic hydroxyl groups is 1. The summed E-state index contributed by atoms with van der Waals surface area (Å²) < 4.78 is 177. The Morgan fingerprint density at radius 3 is 1.13 bits per heavy atom. The Bertz CT molecular complexity index is 2430. The molecule has 7 rings (SSSR count). The molecule has 4 aromatic rings. The summed E-state index contributed by atoms with van der Waals surface area (Å²) in [5, 5.41) is 13.6. The molecule has 1 spiro atoms. The summed E-state index contributed by atoms with van der Waals surface area (Å²) >= 11 is 0. The fraction of sp³-hybridized carbons (Fsp3) is 0.527. The number of benzene rings is 4. The van der Waals surface area contributed by atoms with Gasteiger partial charge in [0.1, 0.15) is 5.60 Å². The van der Waals surface area contributed by atoms with Gasteiger partial charge in [0.25, 0.3) is 0 Å². The summed E-state index contributed by atoms with van der Waals surface area (Å²) in [6, 6.07) is 22.2. The Labute approximate surface area is 458 Å². The maximum absolute atomic E-state index is 13.3. The van der Waals surface area contributed by atoms with E-state index in [0.29, 0.717) is 63.5 Å². The molecule has 1 saturated heterocycles. The first-order valence-electron chi connectivity index (χ1n) is 23.7. The minimum atomic E-state index is -4.93. The van der Waals surface area contributed by atoms with E-state index in [1.165, 1.54) is 13.8 Å². The maximum Gasteiger partial charge on any atom is 2.00 e. The number of carbonyl (C=O) groups is 1. The van der Waals surface area contributed by atoms with Crippen LogP contribution in [0.1, 0.15) is 157 Å². The third-order valence-corrected chi connectivity index (χ3v) is 15.8. The van der Waals surface area contributed by atoms with Crippen LogP contribution in [0, 0.1) is 12.8 Å². The first-order valence-corrected chi connectivity index (χ1v) is 23.7. The number of alkyl carbamates (subject to hydrolysis) is 1. The van der Waals surface area contributed by atoms with Crippen LogP contribution < -0.4 is 22.3 Å². The topological polar surface area (TPSA) is 77.0 Å². The molecule has 3 aliphatic rings. The van der Waals surface area contributed by atoms with Gasteiger partial charge in [0.05, 0.1) is 58.8 Å². The number of amides is 1. The minimum absolute atomic E-state index is 0. The number of cyclic esters (lactones) is 1. The first-order chi connectivity index (χ1) is 33.0. The number of nitrogens with one attached hydrogen (secondary N) is 1. The van der Waals surface area contributed by atoms with Gasteiger partial charge in [0.2, 0.25) is 0 Å². The predicted octanol–water partition coefficient (Wildman–Crippen LogP) is 12.7. The second-order valence-corrected chi connectivity index (χ2v) is 21.1. The van der Waals surface area contributed by atoms with Crippen molar-refractivity contribution in [2.24, 2.45) is 5.41 Å². The molecule has 3 fully saturated rings.